The lowest BCUT2D eigenvalue weighted by atomic mass is 9.99. The Bertz CT molecular complexity index is 621. The number of thioether (sulfide) groups is 1. The molecule has 0 bridgehead atoms. The van der Waals surface area contributed by atoms with Gasteiger partial charge in [-0.25, -0.2) is 4.79 Å². The zero-order chi connectivity index (χ0) is 22.6. The Hall–Kier alpha value is -0.460. The van der Waals surface area contributed by atoms with Crippen LogP contribution >= 0.6 is 35.7 Å². The van der Waals surface area contributed by atoms with Crippen LogP contribution in [0.15, 0.2) is 4.99 Å². The molecular formula is C21H41IN4O4S. The minimum Gasteiger partial charge on any atom is -0.444 e. The molecule has 2 rings (SSSR count). The van der Waals surface area contributed by atoms with Crippen LogP contribution in [0.25, 0.3) is 0 Å². The Kier molecular flexibility index (Phi) is 10.7. The summed E-state index contributed by atoms with van der Waals surface area (Å²) in [5, 5.41) is 6.84. The number of halogens is 1. The Balaban J connectivity index is 0.00000480. The maximum atomic E-state index is 12.9. The highest BCUT2D eigenvalue weighted by molar-refractivity contribution is 14.0. The number of guanidine groups is 1. The van der Waals surface area contributed by atoms with Crippen molar-refractivity contribution in [3.8, 4) is 0 Å². The van der Waals surface area contributed by atoms with Gasteiger partial charge in [-0.15, -0.1) is 24.0 Å². The predicted octanol–water partition coefficient (Wildman–Crippen LogP) is 3.44. The maximum absolute atomic E-state index is 12.9. The van der Waals surface area contributed by atoms with E-state index in [0.717, 1.165) is 38.6 Å². The van der Waals surface area contributed by atoms with Gasteiger partial charge in [0.05, 0.1) is 12.1 Å². The molecule has 8 nitrogen and oxygen atoms in total. The Morgan fingerprint density at radius 1 is 1.26 bits per heavy atom. The summed E-state index contributed by atoms with van der Waals surface area (Å²) in [6.07, 6.45) is 3.70. The highest BCUT2D eigenvalue weighted by atomic mass is 127. The predicted molar refractivity (Wildman–Crippen MR) is 138 cm³/mol. The molecule has 0 aliphatic carbocycles. The number of nitrogens with one attached hydrogen (secondary N) is 2. The van der Waals surface area contributed by atoms with Gasteiger partial charge in [0.15, 0.2) is 5.96 Å². The van der Waals surface area contributed by atoms with E-state index >= 15 is 0 Å². The Morgan fingerprint density at radius 3 is 2.39 bits per heavy atom. The van der Waals surface area contributed by atoms with Gasteiger partial charge >= 0.3 is 6.09 Å². The fourth-order valence-corrected chi connectivity index (χ4v) is 4.78. The van der Waals surface area contributed by atoms with Crippen LogP contribution in [-0.4, -0.2) is 84.8 Å². The lowest BCUT2D eigenvalue weighted by Crippen LogP contribution is -2.55. The highest BCUT2D eigenvalue weighted by Crippen LogP contribution is 2.34. The molecule has 2 unspecified atom stereocenters. The summed E-state index contributed by atoms with van der Waals surface area (Å²) in [4.78, 5) is 19.0. The number of carbonyl (C=O) groups excluding carboxylic acids is 1. The third kappa shape index (κ3) is 7.82. The van der Waals surface area contributed by atoms with Crippen molar-refractivity contribution >= 4 is 47.8 Å². The van der Waals surface area contributed by atoms with Crippen molar-refractivity contribution in [3.05, 3.63) is 0 Å². The minimum absolute atomic E-state index is 0. The van der Waals surface area contributed by atoms with Gasteiger partial charge in [-0.05, 0) is 60.6 Å². The van der Waals surface area contributed by atoms with Crippen LogP contribution in [0.4, 0.5) is 4.79 Å². The molecule has 2 saturated heterocycles. The zero-order valence-corrected chi connectivity index (χ0v) is 23.4. The summed E-state index contributed by atoms with van der Waals surface area (Å²) < 4.78 is 17.4. The summed E-state index contributed by atoms with van der Waals surface area (Å²) in [5.41, 5.74) is -1.31. The molecule has 2 aliphatic heterocycles. The topological polar surface area (TPSA) is 84.4 Å². The van der Waals surface area contributed by atoms with Crippen molar-refractivity contribution < 1.29 is 19.0 Å². The number of carbonyl (C=O) groups is 1. The SMILES string of the molecule is CN=C(NCC1C(C)OC(C)(C)N1C(=O)OC(C)(C)C)NCC1(SC)CCOCC1.I. The number of rotatable bonds is 5. The molecule has 1 amide bonds. The van der Waals surface area contributed by atoms with Crippen LogP contribution in [0.1, 0.15) is 54.4 Å². The molecule has 0 aromatic carbocycles. The third-order valence-electron chi connectivity index (χ3n) is 5.64. The molecule has 0 saturated carbocycles. The number of aliphatic imine (C=N–C) groups is 1. The van der Waals surface area contributed by atoms with Crippen LogP contribution < -0.4 is 10.6 Å². The van der Waals surface area contributed by atoms with Gasteiger partial charge in [0.25, 0.3) is 0 Å². The van der Waals surface area contributed by atoms with Crippen molar-refractivity contribution in [2.75, 3.05) is 39.6 Å². The van der Waals surface area contributed by atoms with Crippen LogP contribution in [0.2, 0.25) is 0 Å². The molecule has 2 heterocycles. The van der Waals surface area contributed by atoms with Gasteiger partial charge in [0, 0.05) is 38.1 Å². The lowest BCUT2D eigenvalue weighted by molar-refractivity contribution is -0.0755. The quantitative estimate of drug-likeness (QED) is 0.297. The van der Waals surface area contributed by atoms with Crippen LogP contribution in [-0.2, 0) is 14.2 Å². The zero-order valence-electron chi connectivity index (χ0n) is 20.2. The second-order valence-electron chi connectivity index (χ2n) is 9.49. The molecular weight excluding hydrogens is 531 g/mol. The van der Waals surface area contributed by atoms with Crippen molar-refractivity contribution in [3.63, 3.8) is 0 Å². The van der Waals surface area contributed by atoms with Crippen molar-refractivity contribution in [1.82, 2.24) is 15.5 Å². The summed E-state index contributed by atoms with van der Waals surface area (Å²) in [5.74, 6) is 0.718. The first-order valence-corrected chi connectivity index (χ1v) is 11.9. The largest absolute Gasteiger partial charge is 0.444 e. The van der Waals surface area contributed by atoms with E-state index in [2.05, 4.69) is 21.9 Å². The summed E-state index contributed by atoms with van der Waals surface area (Å²) in [6.45, 7) is 14.3. The number of hydrogen-bond acceptors (Lipinski definition) is 6. The molecule has 2 N–H and O–H groups in total. The van der Waals surface area contributed by atoms with Crippen molar-refractivity contribution in [2.45, 2.75) is 82.6 Å². The molecule has 31 heavy (non-hydrogen) atoms. The fraction of sp³-hybridized carbons (Fsp3) is 0.905. The van der Waals surface area contributed by atoms with E-state index in [4.69, 9.17) is 14.2 Å². The van der Waals surface area contributed by atoms with E-state index in [-0.39, 0.29) is 47.0 Å². The molecule has 2 aliphatic rings. The minimum atomic E-state index is -0.740. The summed E-state index contributed by atoms with van der Waals surface area (Å²) >= 11 is 1.88. The molecule has 0 aromatic heterocycles. The number of nitrogens with zero attached hydrogens (tertiary/aromatic N) is 2. The monoisotopic (exact) mass is 572 g/mol. The van der Waals surface area contributed by atoms with Gasteiger partial charge < -0.3 is 24.8 Å². The second-order valence-corrected chi connectivity index (χ2v) is 10.8. The van der Waals surface area contributed by atoms with E-state index in [9.17, 15) is 4.79 Å². The highest BCUT2D eigenvalue weighted by Gasteiger charge is 2.49. The fourth-order valence-electron chi connectivity index (χ4n) is 3.99. The van der Waals surface area contributed by atoms with Gasteiger partial charge in [0.2, 0.25) is 0 Å². The van der Waals surface area contributed by atoms with Gasteiger partial charge in [-0.3, -0.25) is 9.89 Å². The van der Waals surface area contributed by atoms with Crippen LogP contribution in [0.5, 0.6) is 0 Å². The first-order valence-electron chi connectivity index (χ1n) is 10.7. The van der Waals surface area contributed by atoms with E-state index in [0.29, 0.717) is 6.54 Å². The van der Waals surface area contributed by atoms with Crippen LogP contribution in [0, 0.1) is 0 Å². The van der Waals surface area contributed by atoms with E-state index in [1.807, 2.05) is 53.3 Å². The molecule has 2 fully saturated rings. The standard InChI is InChI=1S/C21H40N4O4S.HI/c1-15-16(25(20(5,6)28-15)18(26)29-19(2,3)4)13-23-17(22-7)24-14-21(30-8)9-11-27-12-10-21;/h15-16H,9-14H2,1-8H3,(H2,22,23,24);1H. The maximum Gasteiger partial charge on any atom is 0.412 e. The second kappa shape index (κ2) is 11.6. The molecule has 182 valence electrons. The third-order valence-corrected chi connectivity index (χ3v) is 7.05. The van der Waals surface area contributed by atoms with E-state index in [1.54, 1.807) is 11.9 Å². The normalized spacial score (nSPS) is 25.5. The average molecular weight is 573 g/mol. The Labute approximate surface area is 209 Å². The smallest absolute Gasteiger partial charge is 0.412 e. The molecule has 0 spiro atoms. The number of hydrogen-bond donors (Lipinski definition) is 2. The van der Waals surface area contributed by atoms with Gasteiger partial charge in [-0.1, -0.05) is 0 Å². The Morgan fingerprint density at radius 2 is 1.87 bits per heavy atom. The molecule has 2 atom stereocenters. The molecule has 10 heteroatoms. The van der Waals surface area contributed by atoms with E-state index < -0.39 is 11.3 Å². The van der Waals surface area contributed by atoms with Crippen molar-refractivity contribution in [1.29, 1.82) is 0 Å². The first-order chi connectivity index (χ1) is 13.9. The number of ether oxygens (including phenoxy) is 3. The van der Waals surface area contributed by atoms with Crippen LogP contribution in [0.3, 0.4) is 0 Å². The van der Waals surface area contributed by atoms with E-state index in [1.165, 1.54) is 0 Å². The van der Waals surface area contributed by atoms with Gasteiger partial charge in [0.1, 0.15) is 11.3 Å². The molecule has 0 radical (unpaired) electrons. The lowest BCUT2D eigenvalue weighted by Gasteiger charge is -2.36. The average Bonchev–Trinajstić information content (AvgIpc) is 2.89. The summed E-state index contributed by atoms with van der Waals surface area (Å²) in [6, 6.07) is -0.175. The first kappa shape index (κ1) is 28.6. The molecule has 0 aromatic rings. The summed E-state index contributed by atoms with van der Waals surface area (Å²) in [7, 11) is 1.76. The number of amides is 1. The van der Waals surface area contributed by atoms with Crippen molar-refractivity contribution in [2.24, 2.45) is 4.99 Å². The van der Waals surface area contributed by atoms with Gasteiger partial charge in [-0.2, -0.15) is 11.8 Å².